The van der Waals surface area contributed by atoms with Crippen LogP contribution in [-0.4, -0.2) is 29.5 Å². The summed E-state index contributed by atoms with van der Waals surface area (Å²) in [4.78, 5) is 22.9. The van der Waals surface area contributed by atoms with Crippen molar-refractivity contribution < 1.29 is 23.1 Å². The van der Waals surface area contributed by atoms with Crippen molar-refractivity contribution in [2.45, 2.75) is 19.1 Å². The number of amides is 1. The second kappa shape index (κ2) is 7.84. The molecule has 0 radical (unpaired) electrons. The van der Waals surface area contributed by atoms with E-state index in [0.717, 1.165) is 23.9 Å². The summed E-state index contributed by atoms with van der Waals surface area (Å²) in [5.41, 5.74) is 0.164. The Morgan fingerprint density at radius 1 is 1.35 bits per heavy atom. The zero-order valence-electron chi connectivity index (χ0n) is 11.1. The summed E-state index contributed by atoms with van der Waals surface area (Å²) in [5.74, 6) is -2.75. The Hall–Kier alpha value is -1.63. The van der Waals surface area contributed by atoms with Gasteiger partial charge >= 0.3 is 5.97 Å². The molecule has 1 rings (SSSR count). The Labute approximate surface area is 119 Å². The number of halogens is 2. The minimum atomic E-state index is -1.03. The van der Waals surface area contributed by atoms with E-state index in [1.807, 2.05) is 0 Å². The van der Waals surface area contributed by atoms with Crippen molar-refractivity contribution >= 4 is 29.3 Å². The van der Waals surface area contributed by atoms with Gasteiger partial charge in [0.2, 0.25) is 5.91 Å². The lowest BCUT2D eigenvalue weighted by Crippen LogP contribution is -2.24. The minimum Gasteiger partial charge on any atom is -0.465 e. The topological polar surface area (TPSA) is 55.4 Å². The number of carbonyl (C=O) groups is 2. The molecule has 0 aliphatic carbocycles. The molecule has 1 aromatic carbocycles. The molecule has 0 spiro atoms. The number of nitrogens with one attached hydrogen (secondary N) is 1. The van der Waals surface area contributed by atoms with E-state index in [-0.39, 0.29) is 18.0 Å². The van der Waals surface area contributed by atoms with Crippen molar-refractivity contribution in [2.24, 2.45) is 0 Å². The molecule has 0 aliphatic heterocycles. The third-order valence-corrected chi connectivity index (χ3v) is 3.43. The Balaban J connectivity index is 2.48. The van der Waals surface area contributed by atoms with Crippen LogP contribution < -0.4 is 5.32 Å². The fourth-order valence-electron chi connectivity index (χ4n) is 1.29. The highest BCUT2D eigenvalue weighted by Gasteiger charge is 2.16. The van der Waals surface area contributed by atoms with Crippen molar-refractivity contribution in [3.8, 4) is 0 Å². The maximum absolute atomic E-state index is 13.0. The first-order valence-corrected chi connectivity index (χ1v) is 7.02. The molecule has 20 heavy (non-hydrogen) atoms. The van der Waals surface area contributed by atoms with Gasteiger partial charge in [0.1, 0.15) is 0 Å². The van der Waals surface area contributed by atoms with E-state index < -0.39 is 28.8 Å². The highest BCUT2D eigenvalue weighted by Crippen LogP contribution is 2.16. The first-order chi connectivity index (χ1) is 9.43. The van der Waals surface area contributed by atoms with Crippen LogP contribution in [0.25, 0.3) is 0 Å². The van der Waals surface area contributed by atoms with Gasteiger partial charge in [-0.3, -0.25) is 9.59 Å². The summed E-state index contributed by atoms with van der Waals surface area (Å²) in [5, 5.41) is 1.93. The first kappa shape index (κ1) is 16.4. The van der Waals surface area contributed by atoms with Crippen LogP contribution in [0.5, 0.6) is 0 Å². The van der Waals surface area contributed by atoms with E-state index in [1.54, 1.807) is 13.8 Å². The monoisotopic (exact) mass is 303 g/mol. The number of hydrogen-bond acceptors (Lipinski definition) is 4. The van der Waals surface area contributed by atoms with Crippen molar-refractivity contribution in [3.63, 3.8) is 0 Å². The molecule has 1 unspecified atom stereocenters. The van der Waals surface area contributed by atoms with Gasteiger partial charge in [0.25, 0.3) is 0 Å². The average Bonchev–Trinajstić information content (AvgIpc) is 2.40. The van der Waals surface area contributed by atoms with Crippen LogP contribution in [0.3, 0.4) is 0 Å². The van der Waals surface area contributed by atoms with Gasteiger partial charge < -0.3 is 10.1 Å². The largest absolute Gasteiger partial charge is 0.465 e. The summed E-state index contributed by atoms with van der Waals surface area (Å²) in [6.45, 7) is 3.59. The van der Waals surface area contributed by atoms with E-state index in [1.165, 1.54) is 6.07 Å². The third-order valence-electron chi connectivity index (χ3n) is 2.31. The standard InChI is InChI=1S/C13H15F2NO3S/c1-3-19-12(17)7-20-8(2)13(18)16-9-4-5-10(14)11(15)6-9/h4-6,8H,3,7H2,1-2H3,(H,16,18). The number of rotatable bonds is 6. The Bertz CT molecular complexity index is 497. The summed E-state index contributed by atoms with van der Waals surface area (Å²) in [6.07, 6.45) is 0. The molecule has 1 amide bonds. The smallest absolute Gasteiger partial charge is 0.315 e. The zero-order chi connectivity index (χ0) is 15.1. The van der Waals surface area contributed by atoms with Gasteiger partial charge in [0.05, 0.1) is 17.6 Å². The summed E-state index contributed by atoms with van der Waals surface area (Å²) in [6, 6.07) is 3.09. The molecule has 1 N–H and O–H groups in total. The maximum atomic E-state index is 13.0. The molecule has 0 fully saturated rings. The fourth-order valence-corrected chi connectivity index (χ4v) is 1.97. The zero-order valence-corrected chi connectivity index (χ0v) is 11.9. The fraction of sp³-hybridized carbons (Fsp3) is 0.385. The summed E-state index contributed by atoms with van der Waals surface area (Å²) in [7, 11) is 0. The number of benzene rings is 1. The van der Waals surface area contributed by atoms with Gasteiger partial charge in [0.15, 0.2) is 11.6 Å². The molecule has 0 bridgehead atoms. The number of ether oxygens (including phenoxy) is 1. The van der Waals surface area contributed by atoms with Crippen LogP contribution in [0.4, 0.5) is 14.5 Å². The van der Waals surface area contributed by atoms with Crippen LogP contribution >= 0.6 is 11.8 Å². The predicted octanol–water partition coefficient (Wildman–Crippen LogP) is 2.59. The normalized spacial score (nSPS) is 11.8. The first-order valence-electron chi connectivity index (χ1n) is 5.97. The third kappa shape index (κ3) is 5.16. The van der Waals surface area contributed by atoms with Crippen LogP contribution in [0, 0.1) is 11.6 Å². The Kier molecular flexibility index (Phi) is 6.44. The molecular weight excluding hydrogens is 288 g/mol. The van der Waals surface area contributed by atoms with E-state index in [9.17, 15) is 18.4 Å². The van der Waals surface area contributed by atoms with Gasteiger partial charge in [-0.2, -0.15) is 0 Å². The molecule has 7 heteroatoms. The van der Waals surface area contributed by atoms with Crippen LogP contribution in [0.15, 0.2) is 18.2 Å². The quantitative estimate of drug-likeness (QED) is 0.821. The highest BCUT2D eigenvalue weighted by molar-refractivity contribution is 8.01. The average molecular weight is 303 g/mol. The molecule has 0 aliphatic rings. The van der Waals surface area contributed by atoms with Gasteiger partial charge in [-0.05, 0) is 26.0 Å². The van der Waals surface area contributed by atoms with E-state index >= 15 is 0 Å². The molecule has 0 aromatic heterocycles. The van der Waals surface area contributed by atoms with Crippen LogP contribution in [0.1, 0.15) is 13.8 Å². The molecule has 1 atom stereocenters. The molecule has 1 aromatic rings. The van der Waals surface area contributed by atoms with Gasteiger partial charge in [-0.25, -0.2) is 8.78 Å². The van der Waals surface area contributed by atoms with E-state index in [0.29, 0.717) is 0 Å². The molecule has 110 valence electrons. The highest BCUT2D eigenvalue weighted by atomic mass is 32.2. The SMILES string of the molecule is CCOC(=O)CSC(C)C(=O)Nc1ccc(F)c(F)c1. The lowest BCUT2D eigenvalue weighted by molar-refractivity contribution is -0.139. The van der Waals surface area contributed by atoms with Gasteiger partial charge in [-0.1, -0.05) is 0 Å². The number of anilines is 1. The molecular formula is C13H15F2NO3S. The second-order valence-corrected chi connectivity index (χ2v) is 5.21. The lowest BCUT2D eigenvalue weighted by Gasteiger charge is -2.11. The van der Waals surface area contributed by atoms with Crippen LogP contribution in [-0.2, 0) is 14.3 Å². The number of hydrogen-bond donors (Lipinski definition) is 1. The number of carbonyl (C=O) groups excluding carboxylic acids is 2. The molecule has 0 saturated heterocycles. The second-order valence-electron chi connectivity index (χ2n) is 3.88. The van der Waals surface area contributed by atoms with Gasteiger partial charge in [0, 0.05) is 11.8 Å². The van der Waals surface area contributed by atoms with Crippen molar-refractivity contribution in [3.05, 3.63) is 29.8 Å². The maximum Gasteiger partial charge on any atom is 0.315 e. The summed E-state index contributed by atoms with van der Waals surface area (Å²) < 4.78 is 30.4. The Morgan fingerprint density at radius 2 is 2.05 bits per heavy atom. The molecule has 0 heterocycles. The minimum absolute atomic E-state index is 0.0558. The van der Waals surface area contributed by atoms with E-state index in [4.69, 9.17) is 4.74 Å². The molecule has 4 nitrogen and oxygen atoms in total. The van der Waals surface area contributed by atoms with Crippen LogP contribution in [0.2, 0.25) is 0 Å². The summed E-state index contributed by atoms with van der Waals surface area (Å²) >= 11 is 1.10. The number of esters is 1. The van der Waals surface area contributed by atoms with Crippen molar-refractivity contribution in [1.82, 2.24) is 0 Å². The van der Waals surface area contributed by atoms with Crippen molar-refractivity contribution in [1.29, 1.82) is 0 Å². The van der Waals surface area contributed by atoms with Crippen molar-refractivity contribution in [2.75, 3.05) is 17.7 Å². The number of thioether (sulfide) groups is 1. The Morgan fingerprint density at radius 3 is 2.65 bits per heavy atom. The van der Waals surface area contributed by atoms with Gasteiger partial charge in [-0.15, -0.1) is 11.8 Å². The molecule has 0 saturated carbocycles. The lowest BCUT2D eigenvalue weighted by atomic mass is 10.3. The van der Waals surface area contributed by atoms with E-state index in [2.05, 4.69) is 5.32 Å². The predicted molar refractivity (Wildman–Crippen MR) is 73.5 cm³/mol.